The van der Waals surface area contributed by atoms with Crippen LogP contribution in [0.25, 0.3) is 0 Å². The highest BCUT2D eigenvalue weighted by Crippen LogP contribution is 1.91. The first-order chi connectivity index (χ1) is 7.93. The molecule has 0 atom stereocenters. The fourth-order valence-corrected chi connectivity index (χ4v) is 0.532. The Morgan fingerprint density at radius 1 is 0.812 bits per heavy atom. The van der Waals surface area contributed by atoms with E-state index in [2.05, 4.69) is 37.2 Å². The Hall–Kier alpha value is 0.350. The van der Waals surface area contributed by atoms with Crippen LogP contribution in [0.4, 0.5) is 0 Å². The number of benzene rings is 1. The summed E-state index contributed by atoms with van der Waals surface area (Å²) in [4.78, 5) is 10.0. The van der Waals surface area contributed by atoms with Gasteiger partial charge in [0.1, 0.15) is 6.29 Å². The monoisotopic (exact) mass is 450 g/mol. The van der Waals surface area contributed by atoms with Crippen LogP contribution in [0.15, 0.2) is 30.3 Å². The molecule has 0 saturated carbocycles. The number of aldehydes is 1. The van der Waals surface area contributed by atoms with Crippen molar-refractivity contribution < 1.29 is 4.79 Å². The van der Waals surface area contributed by atoms with E-state index in [4.69, 9.17) is 0 Å². The summed E-state index contributed by atoms with van der Waals surface area (Å²) in [5.41, 5.74) is 0.729. The highest BCUT2D eigenvalue weighted by Gasteiger charge is 1.79. The van der Waals surface area contributed by atoms with Crippen molar-refractivity contribution in [3.05, 3.63) is 35.9 Å². The third-order valence-corrected chi connectivity index (χ3v) is 0.936. The van der Waals surface area contributed by atoms with Crippen LogP contribution < -0.4 is 0 Å². The molecule has 0 aliphatic heterocycles. The molecular formula is C13H24I2O. The fourth-order valence-electron chi connectivity index (χ4n) is 0.532. The van der Waals surface area contributed by atoms with Crippen molar-refractivity contribution in [2.24, 2.45) is 0 Å². The van der Waals surface area contributed by atoms with Crippen molar-refractivity contribution in [3.63, 3.8) is 0 Å². The first-order valence-electron chi connectivity index (χ1n) is 5.58. The molecule has 0 fully saturated rings. The lowest BCUT2D eigenvalue weighted by molar-refractivity contribution is 0.112. The second kappa shape index (κ2) is 36.2. The summed E-state index contributed by atoms with van der Waals surface area (Å²) < 4.78 is 0. The number of hydrogen-bond acceptors (Lipinski definition) is 1. The van der Waals surface area contributed by atoms with Gasteiger partial charge in [0.2, 0.25) is 0 Å². The second-order valence-electron chi connectivity index (χ2n) is 1.53. The predicted molar refractivity (Wildman–Crippen MR) is 93.9 cm³/mol. The predicted octanol–water partition coefficient (Wildman–Crippen LogP) is 6.35. The molecule has 0 radical (unpaired) electrons. The molecule has 0 N–H and O–H groups in total. The van der Waals surface area contributed by atoms with Crippen molar-refractivity contribution >= 4 is 43.5 Å². The Balaban J connectivity index is -0.0000000771. The van der Waals surface area contributed by atoms with Crippen LogP contribution in [0.3, 0.4) is 0 Å². The third kappa shape index (κ3) is 23.9. The molecule has 0 spiro atoms. The lowest BCUT2D eigenvalue weighted by Gasteiger charge is -1.81. The van der Waals surface area contributed by atoms with Gasteiger partial charge in [-0.3, -0.25) is 4.79 Å². The summed E-state index contributed by atoms with van der Waals surface area (Å²) in [6.45, 7) is 12.0. The third-order valence-electron chi connectivity index (χ3n) is 0.936. The van der Waals surface area contributed by atoms with Crippen LogP contribution in [0.2, 0.25) is 0 Å². The Bertz CT molecular complexity index is 177. The van der Waals surface area contributed by atoms with Crippen LogP contribution in [0, 0.1) is 0 Å². The van der Waals surface area contributed by atoms with E-state index in [0.29, 0.717) is 0 Å². The van der Waals surface area contributed by atoms with Gasteiger partial charge in [-0.05, 0) is 0 Å². The summed E-state index contributed by atoms with van der Waals surface area (Å²) in [5, 5.41) is 0. The van der Waals surface area contributed by atoms with Crippen molar-refractivity contribution in [1.29, 1.82) is 0 Å². The van der Waals surface area contributed by atoms with E-state index < -0.39 is 0 Å². The average Bonchev–Trinajstić information content (AvgIpc) is 2.48. The molecule has 0 amide bonds. The van der Waals surface area contributed by atoms with Crippen molar-refractivity contribution in [3.8, 4) is 0 Å². The zero-order chi connectivity index (χ0) is 13.8. The zero-order valence-corrected chi connectivity index (χ0v) is 15.4. The Labute approximate surface area is 125 Å². The maximum atomic E-state index is 10.0. The number of rotatable bonds is 1. The van der Waals surface area contributed by atoms with E-state index in [1.54, 1.807) is 12.1 Å². The van der Waals surface area contributed by atoms with Gasteiger partial charge < -0.3 is 0 Å². The van der Waals surface area contributed by atoms with E-state index >= 15 is 0 Å². The lowest BCUT2D eigenvalue weighted by Crippen LogP contribution is -1.73. The Morgan fingerprint density at radius 3 is 1.31 bits per heavy atom. The van der Waals surface area contributed by atoms with Crippen molar-refractivity contribution in [1.82, 2.24) is 0 Å². The summed E-state index contributed by atoms with van der Waals surface area (Å²) in [6, 6.07) is 9.10. The van der Waals surface area contributed by atoms with E-state index in [-0.39, 0.29) is 0 Å². The Kier molecular flexibility index (Phi) is 57.1. The average molecular weight is 450 g/mol. The molecule has 0 saturated heterocycles. The molecule has 96 valence electrons. The molecule has 0 aromatic heterocycles. The van der Waals surface area contributed by atoms with Gasteiger partial charge in [-0.25, -0.2) is 0 Å². The van der Waals surface area contributed by atoms with Crippen LogP contribution >= 0.6 is 37.2 Å². The molecule has 1 rings (SSSR count). The number of carbonyl (C=O) groups excluding carboxylic acids is 1. The summed E-state index contributed by atoms with van der Waals surface area (Å²) in [7, 11) is 0. The van der Waals surface area contributed by atoms with Crippen molar-refractivity contribution in [2.45, 2.75) is 41.5 Å². The molecular weight excluding hydrogens is 426 g/mol. The van der Waals surface area contributed by atoms with Gasteiger partial charge in [0.25, 0.3) is 0 Å². The van der Waals surface area contributed by atoms with Crippen LogP contribution in [0.5, 0.6) is 0 Å². The highest BCUT2D eigenvalue weighted by molar-refractivity contribution is 15.0. The minimum absolute atomic E-state index is 0.729. The van der Waals surface area contributed by atoms with E-state index in [9.17, 15) is 4.79 Å². The molecule has 0 heterocycles. The summed E-state index contributed by atoms with van der Waals surface area (Å²) >= 11 is 4.24. The van der Waals surface area contributed by atoms with E-state index in [1.807, 2.05) is 59.7 Å². The first kappa shape index (κ1) is 25.3. The van der Waals surface area contributed by atoms with Crippen LogP contribution in [-0.2, 0) is 0 Å². The Morgan fingerprint density at radius 2 is 1.12 bits per heavy atom. The van der Waals surface area contributed by atoms with Gasteiger partial charge in [0, 0.05) is 42.8 Å². The molecule has 0 aliphatic carbocycles. The molecule has 0 bridgehead atoms. The molecule has 1 aromatic carbocycles. The normalized spacial score (nSPS) is 5.75. The van der Waals surface area contributed by atoms with Gasteiger partial charge >= 0.3 is 0 Å². The topological polar surface area (TPSA) is 17.1 Å². The van der Waals surface area contributed by atoms with Crippen LogP contribution in [-0.4, -0.2) is 6.29 Å². The molecule has 1 nitrogen and oxygen atoms in total. The van der Waals surface area contributed by atoms with Gasteiger partial charge in [-0.15, -0.1) is 0 Å². The SMILES string of the molecule is CC.CC.CC.II.O=Cc1ccccc1. The van der Waals surface area contributed by atoms with Gasteiger partial charge in [0.05, 0.1) is 0 Å². The minimum Gasteiger partial charge on any atom is -0.298 e. The van der Waals surface area contributed by atoms with Crippen molar-refractivity contribution in [2.75, 3.05) is 0 Å². The first-order valence-corrected chi connectivity index (χ1v) is 11.9. The standard InChI is InChI=1S/C7H6O.3C2H6.I2/c8-6-7-4-2-1-3-5-7;4*1-2/h1-6H;3*1-2H3;. The fraction of sp³-hybridized carbons (Fsp3) is 0.462. The molecule has 3 heteroatoms. The molecule has 0 unspecified atom stereocenters. The second-order valence-corrected chi connectivity index (χ2v) is 1.53. The molecule has 16 heavy (non-hydrogen) atoms. The van der Waals surface area contributed by atoms with Gasteiger partial charge in [-0.2, -0.15) is 0 Å². The smallest absolute Gasteiger partial charge is 0.150 e. The molecule has 1 aromatic rings. The van der Waals surface area contributed by atoms with Gasteiger partial charge in [0.15, 0.2) is 0 Å². The quantitative estimate of drug-likeness (QED) is 0.360. The summed E-state index contributed by atoms with van der Waals surface area (Å²) in [6.07, 6.45) is 0.833. The largest absolute Gasteiger partial charge is 0.298 e. The molecule has 0 aliphatic rings. The zero-order valence-electron chi connectivity index (χ0n) is 11.1. The lowest BCUT2D eigenvalue weighted by atomic mass is 10.2. The minimum atomic E-state index is 0.729. The highest BCUT2D eigenvalue weighted by atomic mass is 128. The maximum Gasteiger partial charge on any atom is 0.150 e. The van der Waals surface area contributed by atoms with Crippen LogP contribution in [0.1, 0.15) is 51.9 Å². The van der Waals surface area contributed by atoms with Gasteiger partial charge in [-0.1, -0.05) is 71.9 Å². The number of hydrogen-bond donors (Lipinski definition) is 0. The van der Waals surface area contributed by atoms with E-state index in [1.165, 1.54) is 0 Å². The number of carbonyl (C=O) groups is 1. The van der Waals surface area contributed by atoms with E-state index in [0.717, 1.165) is 11.8 Å². The maximum absolute atomic E-state index is 10.0. The summed E-state index contributed by atoms with van der Waals surface area (Å²) in [5.74, 6) is 0. The number of halogens is 2.